The third-order valence-corrected chi connectivity index (χ3v) is 1.74. The number of nitrogens with one attached hydrogen (secondary N) is 1. The molecule has 0 saturated carbocycles. The van der Waals surface area contributed by atoms with Gasteiger partial charge >= 0.3 is 6.09 Å². The first kappa shape index (κ1) is 13.7. The maximum Gasteiger partial charge on any atom is 0.416 e. The number of hydrogen-bond donors (Lipinski definition) is 3. The Balaban J connectivity index is 1.95. The van der Waals surface area contributed by atoms with Crippen LogP contribution in [0.15, 0.2) is 12.4 Å². The largest absolute Gasteiger partial charge is 0.464 e. The van der Waals surface area contributed by atoms with Gasteiger partial charge in [-0.1, -0.05) is 0 Å². The van der Waals surface area contributed by atoms with Gasteiger partial charge in [-0.15, -0.1) is 0 Å². The molecule has 0 fully saturated rings. The predicted molar refractivity (Wildman–Crippen MR) is 62.3 cm³/mol. The second-order valence-electron chi connectivity index (χ2n) is 3.15. The van der Waals surface area contributed by atoms with Gasteiger partial charge in [0.15, 0.2) is 0 Å². The number of carbonyl (C=O) groups is 1. The Hall–Kier alpha value is -2.40. The van der Waals surface area contributed by atoms with Crippen LogP contribution in [-0.2, 0) is 16.0 Å². The molecule has 0 radical (unpaired) electrons. The Bertz CT molecular complexity index is 435. The molecule has 1 amide bonds. The van der Waals surface area contributed by atoms with Gasteiger partial charge in [0.2, 0.25) is 0 Å². The van der Waals surface area contributed by atoms with Gasteiger partial charge < -0.3 is 20.3 Å². The zero-order chi connectivity index (χ0) is 13.2. The van der Waals surface area contributed by atoms with Crippen molar-refractivity contribution in [3.8, 4) is 12.2 Å². The lowest BCUT2D eigenvalue weighted by molar-refractivity contribution is 0.0841. The van der Waals surface area contributed by atoms with Crippen LogP contribution >= 0.6 is 0 Å². The highest BCUT2D eigenvalue weighted by atomic mass is 16.5. The van der Waals surface area contributed by atoms with E-state index in [0.29, 0.717) is 25.4 Å². The molecule has 0 unspecified atom stereocenters. The molecule has 4 N–H and O–H groups in total. The number of ether oxygens (including phenoxy) is 2. The minimum absolute atomic E-state index is 0.259. The standard InChI is InChI=1S/C10H14N4O4/c11-9-7-13-14(8-9)2-4-18-6-5-17-3-1-12-10(15)16/h7-8,12H,2,4-6,11H2,(H,15,16). The SMILES string of the molecule is Nc1cnn(CCOCCOC#CNC(=O)O)c1. The van der Waals surface area contributed by atoms with Gasteiger partial charge in [-0.25, -0.2) is 10.1 Å². The van der Waals surface area contributed by atoms with Crippen molar-refractivity contribution in [1.82, 2.24) is 15.1 Å². The minimum Gasteiger partial charge on any atom is -0.464 e. The third kappa shape index (κ3) is 6.24. The number of aromatic nitrogens is 2. The second-order valence-corrected chi connectivity index (χ2v) is 3.15. The molecule has 0 aliphatic carbocycles. The highest BCUT2D eigenvalue weighted by Gasteiger charge is 1.94. The maximum absolute atomic E-state index is 10.00. The van der Waals surface area contributed by atoms with Crippen LogP contribution in [0.25, 0.3) is 0 Å². The zero-order valence-electron chi connectivity index (χ0n) is 9.63. The molecule has 98 valence electrons. The molecule has 0 spiro atoms. The van der Waals surface area contributed by atoms with E-state index < -0.39 is 6.09 Å². The van der Waals surface area contributed by atoms with E-state index in [-0.39, 0.29) is 6.61 Å². The minimum atomic E-state index is -1.22. The fourth-order valence-electron chi connectivity index (χ4n) is 1.03. The summed E-state index contributed by atoms with van der Waals surface area (Å²) >= 11 is 0. The van der Waals surface area contributed by atoms with Crippen molar-refractivity contribution in [2.24, 2.45) is 0 Å². The third-order valence-electron chi connectivity index (χ3n) is 1.74. The number of nitrogen functional groups attached to an aromatic ring is 1. The molecule has 18 heavy (non-hydrogen) atoms. The highest BCUT2D eigenvalue weighted by molar-refractivity contribution is 5.66. The molecule has 0 aliphatic heterocycles. The summed E-state index contributed by atoms with van der Waals surface area (Å²) in [5.74, 6) is 0. The van der Waals surface area contributed by atoms with Gasteiger partial charge in [-0.05, 0) is 0 Å². The van der Waals surface area contributed by atoms with Crippen LogP contribution in [0.2, 0.25) is 0 Å². The lowest BCUT2D eigenvalue weighted by Gasteiger charge is -2.03. The van der Waals surface area contributed by atoms with E-state index in [9.17, 15) is 4.79 Å². The fraction of sp³-hybridized carbons (Fsp3) is 0.400. The molecule has 1 aromatic rings. The summed E-state index contributed by atoms with van der Waals surface area (Å²) < 4.78 is 11.7. The van der Waals surface area contributed by atoms with Gasteiger partial charge in [-0.2, -0.15) is 5.10 Å². The lowest BCUT2D eigenvalue weighted by Crippen LogP contribution is -2.14. The molecule has 0 aliphatic rings. The van der Waals surface area contributed by atoms with Crippen molar-refractivity contribution in [2.75, 3.05) is 25.6 Å². The van der Waals surface area contributed by atoms with E-state index >= 15 is 0 Å². The van der Waals surface area contributed by atoms with Crippen LogP contribution in [0.4, 0.5) is 10.5 Å². The van der Waals surface area contributed by atoms with E-state index in [1.165, 1.54) is 0 Å². The van der Waals surface area contributed by atoms with Crippen molar-refractivity contribution >= 4 is 11.8 Å². The van der Waals surface area contributed by atoms with Crippen LogP contribution in [0.3, 0.4) is 0 Å². The van der Waals surface area contributed by atoms with Crippen LogP contribution in [0, 0.1) is 12.2 Å². The van der Waals surface area contributed by atoms with Crippen LogP contribution in [-0.4, -0.2) is 40.8 Å². The maximum atomic E-state index is 10.00. The summed E-state index contributed by atoms with van der Waals surface area (Å²) in [6, 6.07) is 2.10. The highest BCUT2D eigenvalue weighted by Crippen LogP contribution is 1.96. The number of amides is 1. The number of anilines is 1. The normalized spacial score (nSPS) is 9.33. The van der Waals surface area contributed by atoms with Crippen molar-refractivity contribution in [2.45, 2.75) is 6.54 Å². The first-order valence-corrected chi connectivity index (χ1v) is 5.15. The number of nitrogens with zero attached hydrogens (tertiary/aromatic N) is 2. The van der Waals surface area contributed by atoms with E-state index in [1.54, 1.807) is 17.1 Å². The number of nitrogens with two attached hydrogens (primary N) is 1. The molecule has 8 heteroatoms. The molecule has 0 aromatic carbocycles. The Morgan fingerprint density at radius 1 is 1.56 bits per heavy atom. The number of rotatable bonds is 6. The van der Waals surface area contributed by atoms with E-state index in [4.69, 9.17) is 20.3 Å². The lowest BCUT2D eigenvalue weighted by atomic mass is 10.6. The van der Waals surface area contributed by atoms with Gasteiger partial charge in [0.05, 0.1) is 37.7 Å². The average molecular weight is 254 g/mol. The van der Waals surface area contributed by atoms with Crippen molar-refractivity contribution in [3.63, 3.8) is 0 Å². The van der Waals surface area contributed by atoms with Crippen molar-refractivity contribution in [1.29, 1.82) is 0 Å². The first-order valence-electron chi connectivity index (χ1n) is 5.15. The second kappa shape index (κ2) is 7.81. The monoisotopic (exact) mass is 254 g/mol. The van der Waals surface area contributed by atoms with Gasteiger partial charge in [0.25, 0.3) is 0 Å². The number of hydrogen-bond acceptors (Lipinski definition) is 5. The molecule has 0 saturated heterocycles. The van der Waals surface area contributed by atoms with Gasteiger partial charge in [0, 0.05) is 6.20 Å². The van der Waals surface area contributed by atoms with Gasteiger partial charge in [0.1, 0.15) is 12.7 Å². The van der Waals surface area contributed by atoms with Crippen LogP contribution in [0.5, 0.6) is 0 Å². The summed E-state index contributed by atoms with van der Waals surface area (Å²) in [6.07, 6.45) is 4.23. The summed E-state index contributed by atoms with van der Waals surface area (Å²) in [5.41, 5.74) is 6.10. The fourth-order valence-corrected chi connectivity index (χ4v) is 1.03. The molecule has 1 aromatic heterocycles. The molecule has 0 atom stereocenters. The van der Waals surface area contributed by atoms with Crippen molar-refractivity contribution < 1.29 is 19.4 Å². The quantitative estimate of drug-likeness (QED) is 0.364. The topological polar surface area (TPSA) is 112 Å². The Kier molecular flexibility index (Phi) is 5.93. The predicted octanol–water partition coefficient (Wildman–Crippen LogP) is -0.315. The average Bonchev–Trinajstić information content (AvgIpc) is 2.72. The van der Waals surface area contributed by atoms with E-state index in [2.05, 4.69) is 17.2 Å². The summed E-state index contributed by atoms with van der Waals surface area (Å²) in [7, 11) is 0. The molecular weight excluding hydrogens is 240 g/mol. The van der Waals surface area contributed by atoms with Crippen LogP contribution < -0.4 is 11.1 Å². The van der Waals surface area contributed by atoms with Crippen molar-refractivity contribution in [3.05, 3.63) is 12.4 Å². The smallest absolute Gasteiger partial charge is 0.416 e. The summed E-state index contributed by atoms with van der Waals surface area (Å²) in [5, 5.41) is 14.0. The first-order chi connectivity index (χ1) is 8.68. The van der Waals surface area contributed by atoms with E-state index in [0.717, 1.165) is 0 Å². The molecule has 8 nitrogen and oxygen atoms in total. The zero-order valence-corrected chi connectivity index (χ0v) is 9.63. The van der Waals surface area contributed by atoms with E-state index in [1.807, 2.05) is 5.32 Å². The molecular formula is C10H14N4O4. The van der Waals surface area contributed by atoms with Crippen LogP contribution in [0.1, 0.15) is 0 Å². The Morgan fingerprint density at radius 2 is 2.39 bits per heavy atom. The summed E-state index contributed by atoms with van der Waals surface area (Å²) in [4.78, 5) is 10.00. The summed E-state index contributed by atoms with van der Waals surface area (Å²) in [6.45, 7) is 1.70. The Morgan fingerprint density at radius 3 is 3.06 bits per heavy atom. The number of carboxylic acid groups (broad SMARTS) is 1. The molecule has 1 rings (SSSR count). The molecule has 0 bridgehead atoms. The Labute approximate surface area is 104 Å². The van der Waals surface area contributed by atoms with Gasteiger partial charge in [-0.3, -0.25) is 4.68 Å². The molecule has 1 heterocycles.